The summed E-state index contributed by atoms with van der Waals surface area (Å²) >= 11 is 7.92. The van der Waals surface area contributed by atoms with Gasteiger partial charge in [-0.25, -0.2) is 0 Å². The summed E-state index contributed by atoms with van der Waals surface area (Å²) in [5.74, 6) is 0.978. The molecule has 0 radical (unpaired) electrons. The minimum atomic E-state index is -0.174. The topological polar surface area (TPSA) is 55.1 Å². The molecule has 0 bridgehead atoms. The largest absolute Gasteiger partial charge is 0.351 e. The Bertz CT molecular complexity index is 690. The van der Waals surface area contributed by atoms with Gasteiger partial charge in [0.15, 0.2) is 0 Å². The average Bonchev–Trinajstić information content (AvgIpc) is 2.77. The second kappa shape index (κ2) is 7.39. The van der Waals surface area contributed by atoms with Gasteiger partial charge < -0.3 is 11.1 Å². The van der Waals surface area contributed by atoms with Crippen LogP contribution in [0.2, 0.25) is 5.02 Å². The molecular formula is C18H19ClN2OS. The third-order valence-corrected chi connectivity index (χ3v) is 5.64. The highest BCUT2D eigenvalue weighted by atomic mass is 35.5. The van der Waals surface area contributed by atoms with Crippen molar-refractivity contribution < 1.29 is 4.79 Å². The van der Waals surface area contributed by atoms with Crippen molar-refractivity contribution >= 4 is 29.3 Å². The summed E-state index contributed by atoms with van der Waals surface area (Å²) in [6, 6.07) is 15.9. The smallest absolute Gasteiger partial charge is 0.237 e. The Morgan fingerprint density at radius 2 is 1.91 bits per heavy atom. The van der Waals surface area contributed by atoms with Gasteiger partial charge in [-0.15, -0.1) is 11.8 Å². The first-order valence-electron chi connectivity index (χ1n) is 7.66. The summed E-state index contributed by atoms with van der Waals surface area (Å²) in [6.07, 6.45) is 0.918. The fourth-order valence-electron chi connectivity index (χ4n) is 2.71. The highest BCUT2D eigenvalue weighted by Gasteiger charge is 2.26. The van der Waals surface area contributed by atoms with E-state index in [4.69, 9.17) is 17.3 Å². The quantitative estimate of drug-likeness (QED) is 0.892. The van der Waals surface area contributed by atoms with Crippen molar-refractivity contribution in [3.63, 3.8) is 0 Å². The summed E-state index contributed by atoms with van der Waals surface area (Å²) in [7, 11) is 0. The van der Waals surface area contributed by atoms with Gasteiger partial charge in [-0.2, -0.15) is 0 Å². The fraction of sp³-hybridized carbons (Fsp3) is 0.278. The van der Waals surface area contributed by atoms with Crippen LogP contribution in [0.15, 0.2) is 48.5 Å². The maximum Gasteiger partial charge on any atom is 0.237 e. The van der Waals surface area contributed by atoms with Crippen LogP contribution in [0.25, 0.3) is 11.1 Å². The Kier molecular flexibility index (Phi) is 5.26. The van der Waals surface area contributed by atoms with Crippen molar-refractivity contribution in [3.8, 4) is 11.1 Å². The van der Waals surface area contributed by atoms with Gasteiger partial charge in [0.1, 0.15) is 5.25 Å². The van der Waals surface area contributed by atoms with Gasteiger partial charge >= 0.3 is 0 Å². The van der Waals surface area contributed by atoms with Gasteiger partial charge in [0.05, 0.1) is 0 Å². The van der Waals surface area contributed by atoms with E-state index < -0.39 is 0 Å². The molecule has 2 aromatic rings. The molecule has 1 amide bonds. The van der Waals surface area contributed by atoms with Crippen LogP contribution < -0.4 is 11.1 Å². The Hall–Kier alpha value is -1.49. The lowest BCUT2D eigenvalue weighted by Gasteiger charge is -2.16. The van der Waals surface area contributed by atoms with Crippen molar-refractivity contribution in [3.05, 3.63) is 59.1 Å². The van der Waals surface area contributed by atoms with E-state index in [-0.39, 0.29) is 17.2 Å². The number of carbonyl (C=O) groups excluding carboxylic acids is 1. The van der Waals surface area contributed by atoms with Crippen molar-refractivity contribution in [2.24, 2.45) is 5.73 Å². The number of rotatable bonds is 3. The van der Waals surface area contributed by atoms with Crippen molar-refractivity contribution in [2.75, 3.05) is 12.3 Å². The summed E-state index contributed by atoms with van der Waals surface area (Å²) in [5, 5.41) is 3.58. The normalized spacial score (nSPS) is 21.6. The molecule has 23 heavy (non-hydrogen) atoms. The van der Waals surface area contributed by atoms with Crippen LogP contribution in [0.3, 0.4) is 0 Å². The molecule has 0 saturated carbocycles. The van der Waals surface area contributed by atoms with Crippen molar-refractivity contribution in [1.82, 2.24) is 5.32 Å². The molecule has 2 aromatic carbocycles. The van der Waals surface area contributed by atoms with Gasteiger partial charge in [0.25, 0.3) is 0 Å². The molecule has 3 nitrogen and oxygen atoms in total. The zero-order valence-electron chi connectivity index (χ0n) is 12.7. The highest BCUT2D eigenvalue weighted by Crippen LogP contribution is 2.34. The Balaban J connectivity index is 1.82. The zero-order valence-corrected chi connectivity index (χ0v) is 14.2. The molecule has 1 fully saturated rings. The first-order chi connectivity index (χ1) is 11.2. The summed E-state index contributed by atoms with van der Waals surface area (Å²) in [6.45, 7) is 0.491. The minimum Gasteiger partial charge on any atom is -0.351 e. The number of hydrogen-bond donors (Lipinski definition) is 2. The molecule has 0 aromatic heterocycles. The van der Waals surface area contributed by atoms with Crippen LogP contribution in [0.1, 0.15) is 17.2 Å². The second-order valence-corrected chi connectivity index (χ2v) is 7.20. The molecular weight excluding hydrogens is 328 g/mol. The van der Waals surface area contributed by atoms with Crippen LogP contribution in [-0.2, 0) is 4.79 Å². The fourth-order valence-corrected chi connectivity index (χ4v) is 4.18. The number of carbonyl (C=O) groups is 1. The zero-order chi connectivity index (χ0) is 16.2. The van der Waals surface area contributed by atoms with E-state index in [1.165, 1.54) is 0 Å². The van der Waals surface area contributed by atoms with Crippen molar-refractivity contribution in [1.29, 1.82) is 0 Å². The van der Waals surface area contributed by atoms with Gasteiger partial charge in [0, 0.05) is 23.2 Å². The predicted molar refractivity (Wildman–Crippen MR) is 97.7 cm³/mol. The molecule has 5 heteroatoms. The molecule has 1 saturated heterocycles. The van der Waals surface area contributed by atoms with Gasteiger partial charge in [-0.05, 0) is 29.4 Å². The SMILES string of the molecule is NC[C@@H]1CCS[C@H](c2ccc(-c3ccccc3Cl)cc2)C(=O)N1. The van der Waals surface area contributed by atoms with Gasteiger partial charge in [-0.1, -0.05) is 54.1 Å². The number of nitrogens with two attached hydrogens (primary N) is 1. The molecule has 1 aliphatic heterocycles. The number of nitrogens with one attached hydrogen (secondary N) is 1. The summed E-state index contributed by atoms with van der Waals surface area (Å²) in [4.78, 5) is 12.4. The monoisotopic (exact) mass is 346 g/mol. The highest BCUT2D eigenvalue weighted by molar-refractivity contribution is 8.00. The van der Waals surface area contributed by atoms with Gasteiger partial charge in [0.2, 0.25) is 5.91 Å². The second-order valence-electron chi connectivity index (χ2n) is 5.58. The minimum absolute atomic E-state index is 0.0495. The van der Waals surface area contributed by atoms with E-state index in [9.17, 15) is 4.79 Å². The van der Waals surface area contributed by atoms with Gasteiger partial charge in [-0.3, -0.25) is 4.79 Å². The van der Waals surface area contributed by atoms with E-state index in [1.807, 2.05) is 48.5 Å². The van der Waals surface area contributed by atoms with E-state index in [2.05, 4.69) is 5.32 Å². The lowest BCUT2D eigenvalue weighted by molar-refractivity contribution is -0.121. The Labute approximate surface area is 145 Å². The van der Waals surface area contributed by atoms with E-state index in [1.54, 1.807) is 11.8 Å². The van der Waals surface area contributed by atoms with E-state index in [0.29, 0.717) is 6.54 Å². The molecule has 0 aliphatic carbocycles. The maximum atomic E-state index is 12.4. The number of thioether (sulfide) groups is 1. The number of amides is 1. The van der Waals surface area contributed by atoms with Crippen LogP contribution in [0.5, 0.6) is 0 Å². The standard InChI is InChI=1S/C18H19ClN2OS/c19-16-4-2-1-3-15(16)12-5-7-13(8-6-12)17-18(22)21-14(11-20)9-10-23-17/h1-8,14,17H,9-11,20H2,(H,21,22)/t14-,17+/m0/s1. The summed E-state index contributed by atoms with van der Waals surface area (Å²) < 4.78 is 0. The Morgan fingerprint density at radius 3 is 2.61 bits per heavy atom. The number of benzene rings is 2. The first kappa shape index (κ1) is 16.4. The summed E-state index contributed by atoms with van der Waals surface area (Å²) in [5.41, 5.74) is 8.75. The lowest BCUT2D eigenvalue weighted by Crippen LogP contribution is -2.40. The third-order valence-electron chi connectivity index (χ3n) is 4.02. The predicted octanol–water partition coefficient (Wildman–Crippen LogP) is 3.63. The third kappa shape index (κ3) is 3.71. The maximum absolute atomic E-state index is 12.4. The molecule has 120 valence electrons. The molecule has 1 heterocycles. The number of hydrogen-bond acceptors (Lipinski definition) is 3. The number of halogens is 1. The van der Waals surface area contributed by atoms with Crippen LogP contribution >= 0.6 is 23.4 Å². The molecule has 3 rings (SSSR count). The van der Waals surface area contributed by atoms with Crippen molar-refractivity contribution in [2.45, 2.75) is 17.7 Å². The molecule has 2 atom stereocenters. The molecule has 0 spiro atoms. The van der Waals surface area contributed by atoms with E-state index >= 15 is 0 Å². The van der Waals surface area contributed by atoms with Crippen LogP contribution in [0.4, 0.5) is 0 Å². The molecule has 0 unspecified atom stereocenters. The first-order valence-corrected chi connectivity index (χ1v) is 9.08. The van der Waals surface area contributed by atoms with E-state index in [0.717, 1.165) is 33.9 Å². The molecule has 1 aliphatic rings. The average molecular weight is 347 g/mol. The Morgan fingerprint density at radius 1 is 1.17 bits per heavy atom. The lowest BCUT2D eigenvalue weighted by atomic mass is 10.0. The van der Waals surface area contributed by atoms with Crippen LogP contribution in [0, 0.1) is 0 Å². The van der Waals surface area contributed by atoms with Crippen LogP contribution in [-0.4, -0.2) is 24.2 Å². The molecule has 3 N–H and O–H groups in total.